The summed E-state index contributed by atoms with van der Waals surface area (Å²) < 4.78 is 14.9. The zero-order valence-electron chi connectivity index (χ0n) is 21.6. The molecule has 0 saturated carbocycles. The third-order valence-corrected chi connectivity index (χ3v) is 6.88. The number of furan rings is 1. The Morgan fingerprint density at radius 1 is 0.703 bits per heavy atom. The zero-order chi connectivity index (χ0) is 25.5. The van der Waals surface area contributed by atoms with E-state index in [0.29, 0.717) is 23.5 Å². The van der Waals surface area contributed by atoms with Gasteiger partial charge in [-0.1, -0.05) is 107 Å². The van der Waals surface area contributed by atoms with Crippen LogP contribution in [0.15, 0.2) is 102 Å². The van der Waals surface area contributed by atoms with Crippen molar-refractivity contribution in [3.63, 3.8) is 0 Å². The summed E-state index contributed by atoms with van der Waals surface area (Å²) >= 11 is 0. The highest BCUT2D eigenvalue weighted by Crippen LogP contribution is 2.39. The molecule has 0 fully saturated rings. The molecule has 0 spiro atoms. The summed E-state index contributed by atoms with van der Waals surface area (Å²) in [7, 11) is 0. The minimum absolute atomic E-state index is 0.355. The van der Waals surface area contributed by atoms with Crippen molar-refractivity contribution in [2.45, 2.75) is 39.5 Å². The van der Waals surface area contributed by atoms with E-state index in [-0.39, 0.29) is 0 Å². The van der Waals surface area contributed by atoms with Crippen molar-refractivity contribution in [3.8, 4) is 28.7 Å². The minimum atomic E-state index is 0.355. The van der Waals surface area contributed by atoms with Crippen molar-refractivity contribution in [1.82, 2.24) is 9.55 Å². The van der Waals surface area contributed by atoms with Crippen LogP contribution in [-0.2, 0) is 0 Å². The molecule has 4 heteroatoms. The molecule has 184 valence electrons. The highest BCUT2D eigenvalue weighted by Gasteiger charge is 2.22. The van der Waals surface area contributed by atoms with E-state index >= 15 is 0 Å². The quantitative estimate of drug-likeness (QED) is 0.235. The third kappa shape index (κ3) is 4.09. The second-order valence-corrected chi connectivity index (χ2v) is 10.1. The van der Waals surface area contributed by atoms with Gasteiger partial charge < -0.3 is 9.15 Å². The van der Waals surface area contributed by atoms with E-state index in [1.165, 1.54) is 16.8 Å². The number of nitrogens with zero attached hydrogens (tertiary/aromatic N) is 2. The molecule has 0 amide bonds. The van der Waals surface area contributed by atoms with Gasteiger partial charge in [0.15, 0.2) is 11.3 Å². The summed E-state index contributed by atoms with van der Waals surface area (Å²) in [6, 6.07) is 31.0. The molecule has 37 heavy (non-hydrogen) atoms. The van der Waals surface area contributed by atoms with Crippen LogP contribution in [0.5, 0.6) is 11.6 Å². The Bertz CT molecular complexity index is 1680. The molecule has 0 aliphatic carbocycles. The Balaban J connectivity index is 1.54. The van der Waals surface area contributed by atoms with Gasteiger partial charge in [-0.25, -0.2) is 0 Å². The number of hydrogen-bond acceptors (Lipinski definition) is 3. The van der Waals surface area contributed by atoms with Gasteiger partial charge in [-0.15, -0.1) is 0 Å². The fourth-order valence-electron chi connectivity index (χ4n) is 5.07. The first-order valence-corrected chi connectivity index (χ1v) is 12.9. The molecule has 0 atom stereocenters. The average Bonchev–Trinajstić information content (AvgIpc) is 3.51. The summed E-state index contributed by atoms with van der Waals surface area (Å²) in [4.78, 5) is 5.01. The highest BCUT2D eigenvalue weighted by atomic mass is 16.5. The lowest BCUT2D eigenvalue weighted by Gasteiger charge is -2.21. The van der Waals surface area contributed by atoms with Crippen molar-refractivity contribution in [2.24, 2.45) is 0 Å². The topological polar surface area (TPSA) is 40.2 Å². The van der Waals surface area contributed by atoms with Crippen molar-refractivity contribution in [2.75, 3.05) is 0 Å². The lowest BCUT2D eigenvalue weighted by Crippen LogP contribution is -2.07. The number of benzene rings is 4. The van der Waals surface area contributed by atoms with E-state index in [4.69, 9.17) is 14.1 Å². The van der Waals surface area contributed by atoms with Gasteiger partial charge in [0.1, 0.15) is 11.4 Å². The zero-order valence-corrected chi connectivity index (χ0v) is 21.6. The number of ether oxygens (including phenoxy) is 1. The standard InChI is InChI=1S/C33H30N2O2/c1-21(2)24-15-10-16-25(22(3)4)31(24)35-20-30(34-33(35)23-12-6-5-7-13-23)36-29-19-11-17-27-26-14-8-9-18-28(26)37-32(27)29/h5-22H,1-4H3. The van der Waals surface area contributed by atoms with E-state index < -0.39 is 0 Å². The lowest BCUT2D eigenvalue weighted by atomic mass is 9.92. The molecule has 0 aliphatic rings. The minimum Gasteiger partial charge on any atom is -0.452 e. The number of para-hydroxylation sites is 3. The SMILES string of the molecule is CC(C)c1cccc(C(C)C)c1-n1cc(Oc2cccc3c2oc2ccccc23)nc1-c1ccccc1. The molecule has 4 nitrogen and oxygen atoms in total. The normalized spacial score (nSPS) is 11.7. The maximum atomic E-state index is 6.46. The van der Waals surface area contributed by atoms with Gasteiger partial charge in [0.25, 0.3) is 0 Å². The molecule has 4 aromatic carbocycles. The van der Waals surface area contributed by atoms with Crippen LogP contribution in [0.1, 0.15) is 50.7 Å². The van der Waals surface area contributed by atoms with E-state index in [0.717, 1.165) is 33.3 Å². The third-order valence-electron chi connectivity index (χ3n) is 6.88. The predicted molar refractivity (Wildman–Crippen MR) is 151 cm³/mol. The molecular weight excluding hydrogens is 456 g/mol. The van der Waals surface area contributed by atoms with Gasteiger partial charge in [0.05, 0.1) is 11.9 Å². The number of rotatable bonds is 6. The maximum Gasteiger partial charge on any atom is 0.238 e. The van der Waals surface area contributed by atoms with Crippen molar-refractivity contribution in [3.05, 3.63) is 108 Å². The van der Waals surface area contributed by atoms with Crippen LogP contribution in [0.25, 0.3) is 39.0 Å². The van der Waals surface area contributed by atoms with Crippen LogP contribution >= 0.6 is 0 Å². The van der Waals surface area contributed by atoms with Gasteiger partial charge in [0, 0.05) is 16.3 Å². The number of aromatic nitrogens is 2. The van der Waals surface area contributed by atoms with Crippen LogP contribution in [0.2, 0.25) is 0 Å². The summed E-state index contributed by atoms with van der Waals surface area (Å²) in [6.07, 6.45) is 2.01. The highest BCUT2D eigenvalue weighted by molar-refractivity contribution is 6.06. The Morgan fingerprint density at radius 2 is 1.35 bits per heavy atom. The molecule has 0 radical (unpaired) electrons. The molecule has 0 bridgehead atoms. The summed E-state index contributed by atoms with van der Waals surface area (Å²) in [5, 5.41) is 2.11. The molecule has 0 unspecified atom stereocenters. The fraction of sp³-hybridized carbons (Fsp3) is 0.182. The van der Waals surface area contributed by atoms with Crippen LogP contribution in [0.4, 0.5) is 0 Å². The Kier molecular flexibility index (Phi) is 5.80. The van der Waals surface area contributed by atoms with Gasteiger partial charge in [0.2, 0.25) is 5.88 Å². The first kappa shape index (κ1) is 23.1. The largest absolute Gasteiger partial charge is 0.452 e. The van der Waals surface area contributed by atoms with Gasteiger partial charge >= 0.3 is 0 Å². The molecule has 6 aromatic rings. The van der Waals surface area contributed by atoms with Gasteiger partial charge in [-0.3, -0.25) is 4.57 Å². The Labute approximate surface area is 217 Å². The summed E-state index contributed by atoms with van der Waals surface area (Å²) in [5.41, 5.74) is 6.35. The molecular formula is C33H30N2O2. The first-order valence-electron chi connectivity index (χ1n) is 12.9. The average molecular weight is 487 g/mol. The van der Waals surface area contributed by atoms with Gasteiger partial charge in [-0.05, 0) is 35.1 Å². The van der Waals surface area contributed by atoms with E-state index in [1.54, 1.807) is 0 Å². The Morgan fingerprint density at radius 3 is 2.08 bits per heavy atom. The van der Waals surface area contributed by atoms with E-state index in [2.05, 4.69) is 74.7 Å². The monoisotopic (exact) mass is 486 g/mol. The molecule has 0 N–H and O–H groups in total. The molecule has 2 heterocycles. The number of fused-ring (bicyclic) bond motifs is 3. The van der Waals surface area contributed by atoms with Gasteiger partial charge in [-0.2, -0.15) is 4.98 Å². The fourth-order valence-corrected chi connectivity index (χ4v) is 5.07. The van der Waals surface area contributed by atoms with Crippen molar-refractivity contribution < 1.29 is 9.15 Å². The van der Waals surface area contributed by atoms with Crippen LogP contribution in [-0.4, -0.2) is 9.55 Å². The maximum absolute atomic E-state index is 6.46. The second-order valence-electron chi connectivity index (χ2n) is 10.1. The molecule has 0 aliphatic heterocycles. The van der Waals surface area contributed by atoms with Crippen LogP contribution in [0, 0.1) is 0 Å². The molecule has 2 aromatic heterocycles. The van der Waals surface area contributed by atoms with E-state index in [1.807, 2.05) is 54.7 Å². The number of imidazole rings is 1. The lowest BCUT2D eigenvalue weighted by molar-refractivity contribution is 0.460. The summed E-state index contributed by atoms with van der Waals surface area (Å²) in [6.45, 7) is 8.95. The van der Waals surface area contributed by atoms with Crippen molar-refractivity contribution >= 4 is 21.9 Å². The number of hydrogen-bond donors (Lipinski definition) is 0. The first-order chi connectivity index (χ1) is 18.0. The molecule has 0 saturated heterocycles. The Hall–Kier alpha value is -4.31. The van der Waals surface area contributed by atoms with Crippen molar-refractivity contribution in [1.29, 1.82) is 0 Å². The smallest absolute Gasteiger partial charge is 0.238 e. The predicted octanol–water partition coefficient (Wildman–Crippen LogP) is 9.48. The second kappa shape index (κ2) is 9.29. The van der Waals surface area contributed by atoms with E-state index in [9.17, 15) is 0 Å². The summed E-state index contributed by atoms with van der Waals surface area (Å²) in [5.74, 6) is 2.74. The molecule has 6 rings (SSSR count). The van der Waals surface area contributed by atoms with Crippen LogP contribution < -0.4 is 4.74 Å². The van der Waals surface area contributed by atoms with Crippen LogP contribution in [0.3, 0.4) is 0 Å².